The number of hydrogen-bond donors (Lipinski definition) is 1. The van der Waals surface area contributed by atoms with Crippen LogP contribution in [0.5, 0.6) is 5.75 Å². The topological polar surface area (TPSA) is 23.5 Å². The molecule has 1 rings (SSSR count). The fourth-order valence-electron chi connectivity index (χ4n) is 1.40. The zero-order valence-electron chi connectivity index (χ0n) is 8.93. The van der Waals surface area contributed by atoms with Gasteiger partial charge in [0.2, 0.25) is 0 Å². The summed E-state index contributed by atoms with van der Waals surface area (Å²) in [5, 5.41) is 9.81. The van der Waals surface area contributed by atoms with E-state index < -0.39 is 0 Å². The van der Waals surface area contributed by atoms with Crippen LogP contribution in [-0.2, 0) is 6.42 Å². The number of nitrogens with zero attached hydrogens (tertiary/aromatic N) is 1. The largest absolute Gasteiger partial charge is 0.506 e. The molecule has 84 valence electrons. The van der Waals surface area contributed by atoms with Crippen molar-refractivity contribution in [2.75, 3.05) is 20.6 Å². The molecule has 0 atom stereocenters. The molecule has 0 aliphatic heterocycles. The van der Waals surface area contributed by atoms with Crippen LogP contribution >= 0.6 is 31.9 Å². The van der Waals surface area contributed by atoms with E-state index in [1.165, 1.54) is 0 Å². The van der Waals surface area contributed by atoms with Crippen LogP contribution in [0.15, 0.2) is 21.1 Å². The van der Waals surface area contributed by atoms with Crippen molar-refractivity contribution in [3.63, 3.8) is 0 Å². The van der Waals surface area contributed by atoms with E-state index in [0.717, 1.165) is 33.9 Å². The number of phenolic OH excluding ortho intramolecular Hbond substituents is 1. The smallest absolute Gasteiger partial charge is 0.133 e. The molecule has 15 heavy (non-hydrogen) atoms. The van der Waals surface area contributed by atoms with Gasteiger partial charge in [0, 0.05) is 4.47 Å². The maximum absolute atomic E-state index is 9.81. The zero-order valence-corrected chi connectivity index (χ0v) is 12.1. The number of benzene rings is 1. The molecule has 0 unspecified atom stereocenters. The summed E-state index contributed by atoms with van der Waals surface area (Å²) in [5.74, 6) is 0.358. The lowest BCUT2D eigenvalue weighted by Gasteiger charge is -2.10. The van der Waals surface area contributed by atoms with Crippen molar-refractivity contribution in [3.8, 4) is 5.75 Å². The number of hydrogen-bond acceptors (Lipinski definition) is 2. The van der Waals surface area contributed by atoms with Crippen LogP contribution < -0.4 is 0 Å². The van der Waals surface area contributed by atoms with Gasteiger partial charge in [-0.15, -0.1) is 0 Å². The molecule has 1 aromatic carbocycles. The Labute approximate surface area is 108 Å². The fourth-order valence-corrected chi connectivity index (χ4v) is 2.71. The highest BCUT2D eigenvalue weighted by Gasteiger charge is 2.07. The SMILES string of the molecule is CN(C)CCCc1cc(Br)cc(Br)c1O. The maximum atomic E-state index is 9.81. The minimum atomic E-state index is 0.358. The molecule has 2 nitrogen and oxygen atoms in total. The van der Waals surface area contributed by atoms with Crippen LogP contribution in [0.25, 0.3) is 0 Å². The monoisotopic (exact) mass is 335 g/mol. The third-order valence-electron chi connectivity index (χ3n) is 2.16. The van der Waals surface area contributed by atoms with Crippen molar-refractivity contribution < 1.29 is 5.11 Å². The average Bonchev–Trinajstić information content (AvgIpc) is 2.12. The molecule has 0 aliphatic carbocycles. The van der Waals surface area contributed by atoms with E-state index in [0.29, 0.717) is 5.75 Å². The lowest BCUT2D eigenvalue weighted by Crippen LogP contribution is -2.13. The Hall–Kier alpha value is -0.0600. The Balaban J connectivity index is 2.68. The predicted octanol–water partition coefficient (Wildman–Crippen LogP) is 3.41. The van der Waals surface area contributed by atoms with Crippen molar-refractivity contribution in [1.82, 2.24) is 4.90 Å². The van der Waals surface area contributed by atoms with Gasteiger partial charge >= 0.3 is 0 Å². The Morgan fingerprint density at radius 2 is 1.93 bits per heavy atom. The number of halogens is 2. The molecule has 0 spiro atoms. The van der Waals surface area contributed by atoms with Crippen molar-refractivity contribution in [2.45, 2.75) is 12.8 Å². The molecule has 0 saturated heterocycles. The molecule has 1 N–H and O–H groups in total. The first kappa shape index (κ1) is 13.0. The van der Waals surface area contributed by atoms with Crippen LogP contribution in [0.3, 0.4) is 0 Å². The summed E-state index contributed by atoms with van der Waals surface area (Å²) >= 11 is 6.74. The van der Waals surface area contributed by atoms with Crippen LogP contribution in [-0.4, -0.2) is 30.6 Å². The highest BCUT2D eigenvalue weighted by atomic mass is 79.9. The van der Waals surface area contributed by atoms with Gasteiger partial charge in [0.05, 0.1) is 4.47 Å². The highest BCUT2D eigenvalue weighted by Crippen LogP contribution is 2.32. The fraction of sp³-hybridized carbons (Fsp3) is 0.455. The van der Waals surface area contributed by atoms with Crippen molar-refractivity contribution in [1.29, 1.82) is 0 Å². The molecule has 0 radical (unpaired) electrons. The van der Waals surface area contributed by atoms with Crippen LogP contribution in [0.2, 0.25) is 0 Å². The molecule has 0 aliphatic rings. The molecular weight excluding hydrogens is 322 g/mol. The average molecular weight is 337 g/mol. The molecule has 4 heteroatoms. The molecule has 0 saturated carbocycles. The van der Waals surface area contributed by atoms with Gasteiger partial charge in [-0.3, -0.25) is 0 Å². The van der Waals surface area contributed by atoms with Gasteiger partial charge in [-0.25, -0.2) is 0 Å². The Kier molecular flexibility index (Phi) is 5.09. The standard InChI is InChI=1S/C11H15Br2NO/c1-14(2)5-3-4-8-6-9(12)7-10(13)11(8)15/h6-7,15H,3-5H2,1-2H3. The predicted molar refractivity (Wildman–Crippen MR) is 70.4 cm³/mol. The van der Waals surface area contributed by atoms with E-state index in [1.54, 1.807) is 0 Å². The number of rotatable bonds is 4. The van der Waals surface area contributed by atoms with E-state index in [2.05, 4.69) is 50.9 Å². The molecule has 0 amide bonds. The van der Waals surface area contributed by atoms with E-state index in [1.807, 2.05) is 12.1 Å². The number of phenols is 1. The molecule has 1 aromatic rings. The van der Waals surface area contributed by atoms with E-state index >= 15 is 0 Å². The van der Waals surface area contributed by atoms with Gasteiger partial charge in [0.15, 0.2) is 0 Å². The third kappa shape index (κ3) is 4.13. The Bertz CT molecular complexity index is 340. The number of aromatic hydroxyl groups is 1. The second-order valence-electron chi connectivity index (χ2n) is 3.80. The first-order chi connectivity index (χ1) is 7.00. The van der Waals surface area contributed by atoms with Crippen LogP contribution in [0.4, 0.5) is 0 Å². The minimum Gasteiger partial charge on any atom is -0.506 e. The van der Waals surface area contributed by atoms with Crippen molar-refractivity contribution >= 4 is 31.9 Å². The second-order valence-corrected chi connectivity index (χ2v) is 5.57. The van der Waals surface area contributed by atoms with E-state index in [-0.39, 0.29) is 0 Å². The molecule has 0 fully saturated rings. The molecular formula is C11H15Br2NO. The molecule has 0 bridgehead atoms. The minimum absolute atomic E-state index is 0.358. The quantitative estimate of drug-likeness (QED) is 0.910. The summed E-state index contributed by atoms with van der Waals surface area (Å²) in [7, 11) is 4.10. The summed E-state index contributed by atoms with van der Waals surface area (Å²) in [5.41, 5.74) is 0.984. The first-order valence-corrected chi connectivity index (χ1v) is 6.41. The van der Waals surface area contributed by atoms with Crippen LogP contribution in [0.1, 0.15) is 12.0 Å². The summed E-state index contributed by atoms with van der Waals surface area (Å²) < 4.78 is 1.74. The van der Waals surface area contributed by atoms with Gasteiger partial charge in [-0.05, 0) is 67.1 Å². The zero-order chi connectivity index (χ0) is 11.4. The highest BCUT2D eigenvalue weighted by molar-refractivity contribution is 9.11. The summed E-state index contributed by atoms with van der Waals surface area (Å²) in [6.07, 6.45) is 1.94. The lowest BCUT2D eigenvalue weighted by atomic mass is 10.1. The summed E-state index contributed by atoms with van der Waals surface area (Å²) in [6, 6.07) is 3.82. The molecule has 0 heterocycles. The van der Waals surface area contributed by atoms with Crippen LogP contribution in [0, 0.1) is 0 Å². The number of aryl methyl sites for hydroxylation is 1. The van der Waals surface area contributed by atoms with Gasteiger partial charge in [0.25, 0.3) is 0 Å². The van der Waals surface area contributed by atoms with E-state index in [4.69, 9.17) is 0 Å². The summed E-state index contributed by atoms with van der Waals surface area (Å²) in [6.45, 7) is 1.03. The molecule has 0 aromatic heterocycles. The second kappa shape index (κ2) is 5.87. The van der Waals surface area contributed by atoms with Crippen molar-refractivity contribution in [3.05, 3.63) is 26.6 Å². The lowest BCUT2D eigenvalue weighted by molar-refractivity contribution is 0.397. The first-order valence-electron chi connectivity index (χ1n) is 4.82. The van der Waals surface area contributed by atoms with Crippen molar-refractivity contribution in [2.24, 2.45) is 0 Å². The van der Waals surface area contributed by atoms with Gasteiger partial charge in [-0.2, -0.15) is 0 Å². The normalized spacial score (nSPS) is 11.0. The Morgan fingerprint density at radius 1 is 1.27 bits per heavy atom. The third-order valence-corrected chi connectivity index (χ3v) is 3.22. The van der Waals surface area contributed by atoms with E-state index in [9.17, 15) is 5.11 Å². The van der Waals surface area contributed by atoms with Gasteiger partial charge in [0.1, 0.15) is 5.75 Å². The Morgan fingerprint density at radius 3 is 2.53 bits per heavy atom. The maximum Gasteiger partial charge on any atom is 0.133 e. The summed E-state index contributed by atoms with van der Waals surface area (Å²) in [4.78, 5) is 2.14. The van der Waals surface area contributed by atoms with Gasteiger partial charge in [-0.1, -0.05) is 15.9 Å². The van der Waals surface area contributed by atoms with Gasteiger partial charge < -0.3 is 10.0 Å².